The van der Waals surface area contributed by atoms with Gasteiger partial charge in [-0.2, -0.15) is 0 Å². The maximum Gasteiger partial charge on any atom is 0.296 e. The fourth-order valence-corrected chi connectivity index (χ4v) is 7.56. The minimum Gasteiger partial charge on any atom is -0.325 e. The first-order valence-electron chi connectivity index (χ1n) is 14.2. The summed E-state index contributed by atoms with van der Waals surface area (Å²) < 4.78 is 60.2. The molecular weight excluding hydrogens is 627 g/mol. The Labute approximate surface area is 267 Å². The zero-order valence-electron chi connectivity index (χ0n) is 25.6. The zero-order chi connectivity index (χ0) is 33.2. The van der Waals surface area contributed by atoms with E-state index in [2.05, 4.69) is 10.0 Å². The number of para-hydroxylation sites is 1. The molecule has 11 nitrogen and oxygen atoms in total. The molecule has 0 spiro atoms. The van der Waals surface area contributed by atoms with Gasteiger partial charge in [0.05, 0.1) is 26.9 Å². The third kappa shape index (κ3) is 6.46. The van der Waals surface area contributed by atoms with Crippen molar-refractivity contribution >= 4 is 43.0 Å². The Morgan fingerprint density at radius 2 is 1.39 bits per heavy atom. The number of nitrogens with zero attached hydrogens (tertiary/aromatic N) is 3. The molecule has 0 fully saturated rings. The average molecular weight is 660 g/mol. The Balaban J connectivity index is 1.45. The van der Waals surface area contributed by atoms with Gasteiger partial charge in [-0.3, -0.25) is 19.0 Å². The molecule has 0 bridgehead atoms. The lowest BCUT2D eigenvalue weighted by molar-refractivity contribution is -0.114. The molecule has 0 aliphatic rings. The molecule has 46 heavy (non-hydrogen) atoms. The monoisotopic (exact) mass is 659 g/mol. The largest absolute Gasteiger partial charge is 0.325 e. The molecule has 0 unspecified atom stereocenters. The predicted molar refractivity (Wildman–Crippen MR) is 179 cm³/mol. The number of amides is 1. The van der Waals surface area contributed by atoms with Gasteiger partial charge >= 0.3 is 0 Å². The summed E-state index contributed by atoms with van der Waals surface area (Å²) in [6.45, 7) is 4.54. The molecule has 4 aromatic carbocycles. The lowest BCUT2D eigenvalue weighted by Crippen LogP contribution is -2.41. The topological polar surface area (TPSA) is 140 Å². The normalized spacial score (nSPS) is 11.7. The van der Waals surface area contributed by atoms with Crippen molar-refractivity contribution in [3.8, 4) is 5.69 Å². The van der Waals surface area contributed by atoms with Crippen molar-refractivity contribution in [1.29, 1.82) is 0 Å². The van der Waals surface area contributed by atoms with E-state index in [1.807, 2.05) is 19.1 Å². The molecule has 0 saturated heterocycles. The van der Waals surface area contributed by atoms with Gasteiger partial charge in [-0.15, -0.1) is 0 Å². The molecule has 1 amide bonds. The van der Waals surface area contributed by atoms with E-state index < -0.39 is 38.1 Å². The smallest absolute Gasteiger partial charge is 0.296 e. The van der Waals surface area contributed by atoms with Crippen LogP contribution in [0, 0.1) is 20.8 Å². The van der Waals surface area contributed by atoms with Crippen molar-refractivity contribution in [2.45, 2.75) is 30.6 Å². The van der Waals surface area contributed by atoms with Crippen LogP contribution in [-0.4, -0.2) is 38.7 Å². The van der Waals surface area contributed by atoms with Crippen molar-refractivity contribution in [3.63, 3.8) is 0 Å². The number of nitrogens with one attached hydrogen (secondary N) is 2. The molecular formula is C33H33N5O6S2. The maximum atomic E-state index is 13.9. The summed E-state index contributed by atoms with van der Waals surface area (Å²) in [7, 11) is -6.67. The second-order valence-corrected chi connectivity index (χ2v) is 14.3. The van der Waals surface area contributed by atoms with Gasteiger partial charge < -0.3 is 5.32 Å². The third-order valence-corrected chi connectivity index (χ3v) is 10.6. The number of sulfonamides is 2. The number of aromatic nitrogens is 2. The molecule has 238 valence electrons. The minimum atomic E-state index is -4.38. The lowest BCUT2D eigenvalue weighted by Gasteiger charge is -2.23. The lowest BCUT2D eigenvalue weighted by atomic mass is 10.1. The van der Waals surface area contributed by atoms with E-state index in [-0.39, 0.29) is 21.2 Å². The zero-order valence-corrected chi connectivity index (χ0v) is 27.3. The predicted octanol–water partition coefficient (Wildman–Crippen LogP) is 4.74. The summed E-state index contributed by atoms with van der Waals surface area (Å²) in [6, 6.07) is 27.2. The molecule has 0 aliphatic carbocycles. The quantitative estimate of drug-likeness (QED) is 0.222. The molecule has 5 aromatic rings. The molecule has 5 rings (SSSR count). The summed E-state index contributed by atoms with van der Waals surface area (Å²) in [5, 5.41) is 2.63. The number of rotatable bonds is 10. The highest BCUT2D eigenvalue weighted by Crippen LogP contribution is 2.26. The van der Waals surface area contributed by atoms with Crippen LogP contribution in [0.1, 0.15) is 16.8 Å². The standard InChI is InChI=1S/C33H33N5O6S2/c1-23-15-16-24(2)30(21-23)35-45(41,42)28-19-17-26(18-20-28)34-31(39)22-37(46(43,44)29-13-9-6-10-14-29)32-25(3)36(4)38(33(32)40)27-11-7-5-8-12-27/h5-21,35H,22H2,1-4H3,(H,34,39). The number of benzene rings is 4. The number of hydrogen-bond donors (Lipinski definition) is 2. The van der Waals surface area contributed by atoms with Gasteiger partial charge in [0.1, 0.15) is 12.2 Å². The Bertz CT molecular complexity index is 2180. The highest BCUT2D eigenvalue weighted by atomic mass is 32.2. The van der Waals surface area contributed by atoms with Gasteiger partial charge in [-0.05, 0) is 86.5 Å². The van der Waals surface area contributed by atoms with Crippen LogP contribution in [0.5, 0.6) is 0 Å². The van der Waals surface area contributed by atoms with Crippen molar-refractivity contribution in [2.24, 2.45) is 7.05 Å². The minimum absolute atomic E-state index is 0.0268. The van der Waals surface area contributed by atoms with Crippen LogP contribution in [0.15, 0.2) is 118 Å². The summed E-state index contributed by atoms with van der Waals surface area (Å²) in [5.74, 6) is -0.738. The van der Waals surface area contributed by atoms with Crippen LogP contribution in [0.2, 0.25) is 0 Å². The Morgan fingerprint density at radius 1 is 0.783 bits per heavy atom. The van der Waals surface area contributed by atoms with Gasteiger partial charge in [0.15, 0.2) is 0 Å². The van der Waals surface area contributed by atoms with Crippen LogP contribution in [-0.2, 0) is 31.9 Å². The van der Waals surface area contributed by atoms with Gasteiger partial charge in [0.2, 0.25) is 5.91 Å². The van der Waals surface area contributed by atoms with E-state index in [4.69, 9.17) is 0 Å². The Kier molecular flexibility index (Phi) is 8.90. The first kappa shape index (κ1) is 32.3. The number of hydrogen-bond acceptors (Lipinski definition) is 6. The number of anilines is 3. The van der Waals surface area contributed by atoms with E-state index in [9.17, 15) is 26.4 Å². The number of carbonyl (C=O) groups excluding carboxylic acids is 1. The molecule has 0 saturated carbocycles. The summed E-state index contributed by atoms with van der Waals surface area (Å²) in [6.07, 6.45) is 0. The van der Waals surface area contributed by atoms with Gasteiger partial charge in [-0.1, -0.05) is 48.5 Å². The van der Waals surface area contributed by atoms with Crippen LogP contribution in [0.4, 0.5) is 17.1 Å². The van der Waals surface area contributed by atoms with Crippen molar-refractivity contribution in [3.05, 3.63) is 130 Å². The Morgan fingerprint density at radius 3 is 2.02 bits per heavy atom. The van der Waals surface area contributed by atoms with E-state index in [1.165, 1.54) is 45.8 Å². The fraction of sp³-hybridized carbons (Fsp3) is 0.152. The highest BCUT2D eigenvalue weighted by Gasteiger charge is 2.33. The van der Waals surface area contributed by atoms with Crippen molar-refractivity contribution < 1.29 is 21.6 Å². The van der Waals surface area contributed by atoms with Crippen LogP contribution in [0.25, 0.3) is 5.69 Å². The summed E-state index contributed by atoms with van der Waals surface area (Å²) >= 11 is 0. The number of carbonyl (C=O) groups is 1. The Hall–Kier alpha value is -5.14. The van der Waals surface area contributed by atoms with Gasteiger partial charge in [-0.25, -0.2) is 25.8 Å². The first-order chi connectivity index (χ1) is 21.8. The van der Waals surface area contributed by atoms with E-state index in [1.54, 1.807) is 75.5 Å². The molecule has 1 aromatic heterocycles. The second-order valence-electron chi connectivity index (χ2n) is 10.7. The van der Waals surface area contributed by atoms with Crippen LogP contribution in [0.3, 0.4) is 0 Å². The molecule has 0 radical (unpaired) electrons. The summed E-state index contributed by atoms with van der Waals surface area (Å²) in [5.41, 5.74) is 2.40. The van der Waals surface area contributed by atoms with Gasteiger partial charge in [0, 0.05) is 12.7 Å². The van der Waals surface area contributed by atoms with E-state index in [0.717, 1.165) is 15.4 Å². The third-order valence-electron chi connectivity index (χ3n) is 7.48. The first-order valence-corrected chi connectivity index (χ1v) is 17.1. The highest BCUT2D eigenvalue weighted by molar-refractivity contribution is 7.93. The van der Waals surface area contributed by atoms with Crippen molar-refractivity contribution in [2.75, 3.05) is 20.9 Å². The SMILES string of the molecule is Cc1ccc(C)c(NS(=O)(=O)c2ccc(NC(=O)CN(c3c(C)n(C)n(-c4ccccc4)c3=O)S(=O)(=O)c3ccccc3)cc2)c1. The van der Waals surface area contributed by atoms with E-state index >= 15 is 0 Å². The number of aryl methyl sites for hydroxylation is 2. The molecule has 13 heteroatoms. The maximum absolute atomic E-state index is 13.9. The van der Waals surface area contributed by atoms with Crippen molar-refractivity contribution in [1.82, 2.24) is 9.36 Å². The van der Waals surface area contributed by atoms with E-state index in [0.29, 0.717) is 17.1 Å². The van der Waals surface area contributed by atoms with Gasteiger partial charge in [0.25, 0.3) is 25.6 Å². The molecule has 0 aliphatic heterocycles. The van der Waals surface area contributed by atoms with Crippen LogP contribution >= 0.6 is 0 Å². The molecule has 0 atom stereocenters. The fourth-order valence-electron chi connectivity index (χ4n) is 4.94. The summed E-state index contributed by atoms with van der Waals surface area (Å²) in [4.78, 5) is 27.1. The van der Waals surface area contributed by atoms with Crippen LogP contribution < -0.4 is 19.9 Å². The second kappa shape index (κ2) is 12.7. The molecule has 2 N–H and O–H groups in total. The average Bonchev–Trinajstić information content (AvgIpc) is 3.25. The molecule has 1 heterocycles.